The van der Waals surface area contributed by atoms with Crippen LogP contribution in [0.2, 0.25) is 0 Å². The summed E-state index contributed by atoms with van der Waals surface area (Å²) in [6.45, 7) is 1.85. The molecule has 0 fully saturated rings. The Bertz CT molecular complexity index is 1200. The number of anilines is 1. The zero-order chi connectivity index (χ0) is 24.7. The SMILES string of the molecule is BC(=O)NC(Cc1nc(-c2ccc(F)c(OC)c2)no1)C(=O)Nc1ccccc1C(=O)OCC. The van der Waals surface area contributed by atoms with E-state index in [1.807, 2.05) is 0 Å². The van der Waals surface area contributed by atoms with E-state index in [0.717, 1.165) is 0 Å². The molecule has 1 atom stereocenters. The summed E-state index contributed by atoms with van der Waals surface area (Å²) in [5.41, 5.74) is 0.840. The maximum absolute atomic E-state index is 13.7. The van der Waals surface area contributed by atoms with Crippen LogP contribution in [-0.4, -0.2) is 55.4 Å². The van der Waals surface area contributed by atoms with E-state index < -0.39 is 29.5 Å². The number of rotatable bonds is 9. The minimum Gasteiger partial charge on any atom is -0.494 e. The summed E-state index contributed by atoms with van der Waals surface area (Å²) < 4.78 is 28.9. The van der Waals surface area contributed by atoms with Gasteiger partial charge in [0, 0.05) is 5.56 Å². The Morgan fingerprint density at radius 3 is 2.68 bits per heavy atom. The topological polar surface area (TPSA) is 133 Å². The minimum absolute atomic E-state index is 0.0135. The van der Waals surface area contributed by atoms with E-state index in [-0.39, 0.29) is 41.7 Å². The number of hydrogen-bond donors (Lipinski definition) is 2. The molecule has 0 aliphatic rings. The van der Waals surface area contributed by atoms with Crippen LogP contribution in [0.3, 0.4) is 0 Å². The molecule has 3 rings (SSSR count). The molecule has 1 aromatic heterocycles. The molecule has 10 nitrogen and oxygen atoms in total. The lowest BCUT2D eigenvalue weighted by Crippen LogP contribution is -2.45. The minimum atomic E-state index is -1.08. The zero-order valence-electron chi connectivity index (χ0n) is 18.8. The number of carbonyl (C=O) groups is 3. The van der Waals surface area contributed by atoms with Crippen LogP contribution in [0.15, 0.2) is 47.0 Å². The number of carbonyl (C=O) groups excluding carboxylic acids is 3. The van der Waals surface area contributed by atoms with Crippen molar-refractivity contribution in [2.75, 3.05) is 19.0 Å². The Labute approximate surface area is 195 Å². The molecule has 0 saturated heterocycles. The van der Waals surface area contributed by atoms with Crippen molar-refractivity contribution < 1.29 is 32.8 Å². The molecule has 176 valence electrons. The molecule has 0 radical (unpaired) electrons. The molecule has 0 saturated carbocycles. The Morgan fingerprint density at radius 2 is 1.97 bits per heavy atom. The predicted octanol–water partition coefficient (Wildman–Crippen LogP) is 1.95. The van der Waals surface area contributed by atoms with E-state index in [2.05, 4.69) is 20.8 Å². The summed E-state index contributed by atoms with van der Waals surface area (Å²) in [7, 11) is 2.59. The summed E-state index contributed by atoms with van der Waals surface area (Å²) in [6, 6.07) is 9.34. The van der Waals surface area contributed by atoms with Crippen molar-refractivity contribution in [3.05, 3.63) is 59.7 Å². The van der Waals surface area contributed by atoms with Gasteiger partial charge in [-0.1, -0.05) is 17.3 Å². The van der Waals surface area contributed by atoms with Crippen LogP contribution in [0, 0.1) is 5.82 Å². The van der Waals surface area contributed by atoms with Gasteiger partial charge in [0.25, 0.3) is 0 Å². The van der Waals surface area contributed by atoms with Gasteiger partial charge in [0.1, 0.15) is 6.04 Å². The number of halogens is 1. The zero-order valence-corrected chi connectivity index (χ0v) is 18.8. The third-order valence-electron chi connectivity index (χ3n) is 4.63. The lowest BCUT2D eigenvalue weighted by molar-refractivity contribution is -0.118. The Balaban J connectivity index is 1.79. The van der Waals surface area contributed by atoms with Gasteiger partial charge in [-0.2, -0.15) is 4.98 Å². The van der Waals surface area contributed by atoms with Crippen LogP contribution >= 0.6 is 0 Å². The van der Waals surface area contributed by atoms with Crippen molar-refractivity contribution in [3.63, 3.8) is 0 Å². The van der Waals surface area contributed by atoms with Crippen LogP contribution in [-0.2, 0) is 16.0 Å². The molecule has 3 aromatic rings. The van der Waals surface area contributed by atoms with Crippen LogP contribution in [0.5, 0.6) is 5.75 Å². The highest BCUT2D eigenvalue weighted by Gasteiger charge is 2.25. The third-order valence-corrected chi connectivity index (χ3v) is 4.63. The molecule has 2 aromatic carbocycles. The van der Waals surface area contributed by atoms with E-state index in [4.69, 9.17) is 14.0 Å². The van der Waals surface area contributed by atoms with Gasteiger partial charge >= 0.3 is 5.97 Å². The number of ether oxygens (including phenoxy) is 2. The smallest absolute Gasteiger partial charge is 0.340 e. The standard InChI is InChI=1S/C22H22BFN4O6/c1-3-33-21(30)13-6-4-5-7-15(13)25-20(29)16(26-22(23)31)11-18-27-19(28-34-18)12-8-9-14(24)17(10-12)32-2/h4-10,16H,3,11,23H2,1-2H3,(H,25,29)(H,26,31). The van der Waals surface area contributed by atoms with Gasteiger partial charge in [-0.05, 0) is 37.3 Å². The highest BCUT2D eigenvalue weighted by molar-refractivity contribution is 6.57. The first-order chi connectivity index (χ1) is 16.3. The molecule has 0 spiro atoms. The molecule has 2 amide bonds. The third kappa shape index (κ3) is 5.97. The van der Waals surface area contributed by atoms with Gasteiger partial charge < -0.3 is 24.6 Å². The van der Waals surface area contributed by atoms with Crippen LogP contribution in [0.4, 0.5) is 14.9 Å². The summed E-state index contributed by atoms with van der Waals surface area (Å²) in [6.07, 6.45) is -0.127. The number of benzene rings is 2. The maximum atomic E-state index is 13.7. The van der Waals surface area contributed by atoms with E-state index in [0.29, 0.717) is 5.56 Å². The van der Waals surface area contributed by atoms with Crippen molar-refractivity contribution in [3.8, 4) is 17.1 Å². The number of methoxy groups -OCH3 is 1. The molecule has 1 heterocycles. The summed E-state index contributed by atoms with van der Waals surface area (Å²) in [5.74, 6) is -1.96. The van der Waals surface area contributed by atoms with Crippen molar-refractivity contribution >= 4 is 31.2 Å². The first-order valence-electron chi connectivity index (χ1n) is 10.3. The number of esters is 1. The molecule has 0 bridgehead atoms. The fourth-order valence-corrected chi connectivity index (χ4v) is 3.08. The number of nitrogens with one attached hydrogen (secondary N) is 2. The Hall–Kier alpha value is -4.22. The number of nitrogens with zero attached hydrogens (tertiary/aromatic N) is 2. The summed E-state index contributed by atoms with van der Waals surface area (Å²) >= 11 is 0. The fourth-order valence-electron chi connectivity index (χ4n) is 3.08. The van der Waals surface area contributed by atoms with Crippen LogP contribution in [0.1, 0.15) is 23.2 Å². The second kappa shape index (κ2) is 11.1. The van der Waals surface area contributed by atoms with Gasteiger partial charge in [0.15, 0.2) is 17.4 Å². The van der Waals surface area contributed by atoms with Gasteiger partial charge in [-0.25, -0.2) is 9.18 Å². The van der Waals surface area contributed by atoms with Crippen molar-refractivity contribution in [2.24, 2.45) is 0 Å². The monoisotopic (exact) mass is 468 g/mol. The number of amides is 2. The largest absolute Gasteiger partial charge is 0.494 e. The summed E-state index contributed by atoms with van der Waals surface area (Å²) in [5, 5.41) is 9.02. The van der Waals surface area contributed by atoms with E-state index in [1.165, 1.54) is 39.2 Å². The Morgan fingerprint density at radius 1 is 1.21 bits per heavy atom. The molecule has 34 heavy (non-hydrogen) atoms. The first kappa shape index (κ1) is 24.4. The molecular weight excluding hydrogens is 446 g/mol. The number of para-hydroxylation sites is 1. The average Bonchev–Trinajstić information content (AvgIpc) is 3.27. The number of hydrogen-bond acceptors (Lipinski definition) is 8. The maximum Gasteiger partial charge on any atom is 0.340 e. The summed E-state index contributed by atoms with van der Waals surface area (Å²) in [4.78, 5) is 41.1. The average molecular weight is 468 g/mol. The quantitative estimate of drug-likeness (QED) is 0.360. The second-order valence-corrected chi connectivity index (χ2v) is 7.07. The van der Waals surface area contributed by atoms with Gasteiger partial charge in [-0.3, -0.25) is 9.59 Å². The van der Waals surface area contributed by atoms with E-state index in [1.54, 1.807) is 25.1 Å². The molecule has 12 heteroatoms. The van der Waals surface area contributed by atoms with E-state index in [9.17, 15) is 18.8 Å². The lowest BCUT2D eigenvalue weighted by Gasteiger charge is -2.17. The number of aromatic nitrogens is 2. The molecule has 0 aliphatic heterocycles. The molecule has 0 aliphatic carbocycles. The van der Waals surface area contributed by atoms with Crippen LogP contribution < -0.4 is 15.4 Å². The fraction of sp³-hybridized carbons (Fsp3) is 0.227. The van der Waals surface area contributed by atoms with Crippen LogP contribution in [0.25, 0.3) is 11.4 Å². The molecular formula is C22H22BFN4O6. The first-order valence-corrected chi connectivity index (χ1v) is 10.3. The van der Waals surface area contributed by atoms with Crippen molar-refractivity contribution in [1.82, 2.24) is 15.5 Å². The van der Waals surface area contributed by atoms with E-state index >= 15 is 0 Å². The normalized spacial score (nSPS) is 11.4. The van der Waals surface area contributed by atoms with Crippen molar-refractivity contribution in [1.29, 1.82) is 0 Å². The molecule has 2 N–H and O–H groups in total. The highest BCUT2D eigenvalue weighted by Crippen LogP contribution is 2.25. The van der Waals surface area contributed by atoms with Gasteiger partial charge in [0.2, 0.25) is 25.5 Å². The Kier molecular flexibility index (Phi) is 7.96. The molecule has 1 unspecified atom stereocenters. The van der Waals surface area contributed by atoms with Gasteiger partial charge in [0.05, 0.1) is 31.4 Å². The van der Waals surface area contributed by atoms with Crippen molar-refractivity contribution in [2.45, 2.75) is 19.4 Å². The second-order valence-electron chi connectivity index (χ2n) is 7.07. The highest BCUT2D eigenvalue weighted by atomic mass is 19.1. The lowest BCUT2D eigenvalue weighted by atomic mass is 10.1. The van der Waals surface area contributed by atoms with Gasteiger partial charge in [-0.15, -0.1) is 0 Å². The predicted molar refractivity (Wildman–Crippen MR) is 122 cm³/mol.